The van der Waals surface area contributed by atoms with Crippen molar-refractivity contribution in [1.29, 1.82) is 0 Å². The second-order valence-corrected chi connectivity index (χ2v) is 8.03. The molecule has 0 unspecified atom stereocenters. The second kappa shape index (κ2) is 11.7. The van der Waals surface area contributed by atoms with E-state index < -0.39 is 24.0 Å². The number of rotatable bonds is 10. The minimum absolute atomic E-state index is 0.000765. The Morgan fingerprint density at radius 2 is 2.00 bits per heavy atom. The zero-order valence-electron chi connectivity index (χ0n) is 19.4. The average Bonchev–Trinajstić information content (AvgIpc) is 3.55. The molecule has 12 heteroatoms. The van der Waals surface area contributed by atoms with Gasteiger partial charge in [-0.15, -0.1) is 0 Å². The maximum absolute atomic E-state index is 12.6. The normalized spacial score (nSPS) is 13.4. The molecule has 188 valence electrons. The highest BCUT2D eigenvalue weighted by molar-refractivity contribution is 5.98. The number of fused-ring (bicyclic) bond motifs is 1. The number of guanidine groups is 1. The van der Waals surface area contributed by atoms with Crippen LogP contribution in [-0.4, -0.2) is 71.0 Å². The Bertz CT molecular complexity index is 1260. The number of carboxylic acid groups (broad SMARTS) is 1. The minimum atomic E-state index is -1.35. The molecule has 2 heterocycles. The van der Waals surface area contributed by atoms with Crippen molar-refractivity contribution < 1.29 is 24.2 Å². The quantitative estimate of drug-likeness (QED) is 0.276. The van der Waals surface area contributed by atoms with Crippen molar-refractivity contribution in [3.63, 3.8) is 0 Å². The smallest absolute Gasteiger partial charge is 0.408 e. The molecule has 1 aliphatic heterocycles. The lowest BCUT2D eigenvalue weighted by Gasteiger charge is -2.15. The van der Waals surface area contributed by atoms with E-state index in [1.165, 1.54) is 0 Å². The maximum atomic E-state index is 12.6. The molecule has 5 N–H and O–H groups in total. The van der Waals surface area contributed by atoms with Crippen LogP contribution < -0.4 is 21.3 Å². The number of amides is 2. The molecule has 36 heavy (non-hydrogen) atoms. The molecule has 0 aliphatic carbocycles. The molecule has 0 saturated heterocycles. The molecule has 2 amide bonds. The summed E-state index contributed by atoms with van der Waals surface area (Å²) in [5.41, 5.74) is 1.98. The molecule has 0 radical (unpaired) electrons. The zero-order chi connectivity index (χ0) is 25.3. The van der Waals surface area contributed by atoms with Crippen molar-refractivity contribution in [3.8, 4) is 0 Å². The minimum Gasteiger partial charge on any atom is -0.480 e. The Morgan fingerprint density at radius 1 is 1.17 bits per heavy atom. The molecule has 4 rings (SSSR count). The highest BCUT2D eigenvalue weighted by atomic mass is 16.5. The van der Waals surface area contributed by atoms with Crippen LogP contribution in [-0.2, 0) is 22.7 Å². The third kappa shape index (κ3) is 6.50. The number of carboxylic acids is 1. The van der Waals surface area contributed by atoms with Gasteiger partial charge in [-0.2, -0.15) is 5.10 Å². The fraction of sp³-hybridized carbons (Fsp3) is 0.292. The first-order valence-corrected chi connectivity index (χ1v) is 11.5. The van der Waals surface area contributed by atoms with Gasteiger partial charge in [-0.1, -0.05) is 30.3 Å². The molecule has 1 aliphatic rings. The number of nitrogens with zero attached hydrogens (tertiary/aromatic N) is 3. The van der Waals surface area contributed by atoms with Gasteiger partial charge in [-0.25, -0.2) is 9.59 Å². The first-order chi connectivity index (χ1) is 17.5. The van der Waals surface area contributed by atoms with E-state index in [1.54, 1.807) is 48.7 Å². The van der Waals surface area contributed by atoms with E-state index in [4.69, 9.17) is 4.74 Å². The van der Waals surface area contributed by atoms with Gasteiger partial charge in [0.25, 0.3) is 5.91 Å². The van der Waals surface area contributed by atoms with E-state index >= 15 is 0 Å². The second-order valence-electron chi connectivity index (χ2n) is 8.03. The van der Waals surface area contributed by atoms with Crippen LogP contribution in [0.5, 0.6) is 0 Å². The molecule has 1 atom stereocenters. The predicted octanol–water partition coefficient (Wildman–Crippen LogP) is 0.695. The highest BCUT2D eigenvalue weighted by Crippen LogP contribution is 2.16. The number of carbonyl (C=O) groups excluding carboxylic acids is 2. The maximum Gasteiger partial charge on any atom is 0.408 e. The third-order valence-corrected chi connectivity index (χ3v) is 5.46. The van der Waals surface area contributed by atoms with Crippen LogP contribution in [0.25, 0.3) is 10.9 Å². The Morgan fingerprint density at radius 3 is 2.75 bits per heavy atom. The van der Waals surface area contributed by atoms with Gasteiger partial charge >= 0.3 is 12.1 Å². The van der Waals surface area contributed by atoms with Gasteiger partial charge in [0.2, 0.25) is 0 Å². The summed E-state index contributed by atoms with van der Waals surface area (Å²) < 4.78 is 6.88. The molecule has 0 saturated carbocycles. The number of aliphatic carboxylic acids is 1. The summed E-state index contributed by atoms with van der Waals surface area (Å²) in [4.78, 5) is 40.5. The number of nitrogens with one attached hydrogen (secondary N) is 4. The van der Waals surface area contributed by atoms with Crippen LogP contribution in [0.3, 0.4) is 0 Å². The van der Waals surface area contributed by atoms with E-state index in [1.807, 2.05) is 10.7 Å². The fourth-order valence-electron chi connectivity index (χ4n) is 3.61. The van der Waals surface area contributed by atoms with Crippen LogP contribution in [0.15, 0.2) is 59.7 Å². The number of benzene rings is 2. The molecule has 3 aromatic rings. The third-order valence-electron chi connectivity index (χ3n) is 5.46. The number of alkyl carbamates (subject to hydrolysis) is 1. The van der Waals surface area contributed by atoms with E-state index in [2.05, 4.69) is 31.4 Å². The summed E-state index contributed by atoms with van der Waals surface area (Å²) in [5, 5.41) is 25.7. The molecule has 0 fully saturated rings. The monoisotopic (exact) mass is 493 g/mol. The molecule has 12 nitrogen and oxygen atoms in total. The van der Waals surface area contributed by atoms with Gasteiger partial charge < -0.3 is 31.1 Å². The summed E-state index contributed by atoms with van der Waals surface area (Å²) in [6.45, 7) is 2.54. The zero-order valence-corrected chi connectivity index (χ0v) is 19.4. The number of hydrogen-bond acceptors (Lipinski definition) is 8. The van der Waals surface area contributed by atoms with Gasteiger partial charge in [0.05, 0.1) is 24.8 Å². The van der Waals surface area contributed by atoms with Crippen LogP contribution in [0, 0.1) is 0 Å². The van der Waals surface area contributed by atoms with Crippen LogP contribution in [0.2, 0.25) is 0 Å². The Hall–Kier alpha value is -4.61. The lowest BCUT2D eigenvalue weighted by Crippen LogP contribution is -2.48. The van der Waals surface area contributed by atoms with Crippen molar-refractivity contribution in [1.82, 2.24) is 31.0 Å². The lowest BCUT2D eigenvalue weighted by atomic mass is 10.1. The van der Waals surface area contributed by atoms with Crippen LogP contribution >= 0.6 is 0 Å². The van der Waals surface area contributed by atoms with Crippen molar-refractivity contribution in [2.24, 2.45) is 4.99 Å². The predicted molar refractivity (Wildman–Crippen MR) is 132 cm³/mol. The van der Waals surface area contributed by atoms with Crippen molar-refractivity contribution in [2.75, 3.05) is 26.2 Å². The van der Waals surface area contributed by atoms with Gasteiger partial charge in [-0.3, -0.25) is 14.5 Å². The van der Waals surface area contributed by atoms with Crippen molar-refractivity contribution in [2.45, 2.75) is 19.2 Å². The van der Waals surface area contributed by atoms with Crippen LogP contribution in [0.4, 0.5) is 4.79 Å². The highest BCUT2D eigenvalue weighted by Gasteiger charge is 2.22. The van der Waals surface area contributed by atoms with Gasteiger partial charge in [0.1, 0.15) is 12.6 Å². The summed E-state index contributed by atoms with van der Waals surface area (Å²) in [7, 11) is 0. The summed E-state index contributed by atoms with van der Waals surface area (Å²) in [6.07, 6.45) is 0.779. The van der Waals surface area contributed by atoms with Gasteiger partial charge in [-0.05, 0) is 23.8 Å². The fourth-order valence-corrected chi connectivity index (χ4v) is 3.61. The lowest BCUT2D eigenvalue weighted by molar-refractivity contribution is -0.139. The molecule has 0 bridgehead atoms. The molecular formula is C24H27N7O5. The largest absolute Gasteiger partial charge is 0.480 e. The number of ether oxygens (including phenoxy) is 1. The van der Waals surface area contributed by atoms with Gasteiger partial charge in [0, 0.05) is 30.6 Å². The molecule has 0 spiro atoms. The average molecular weight is 494 g/mol. The number of aliphatic imine (C=N–C) groups is 1. The Balaban J connectivity index is 1.28. The number of carbonyl (C=O) groups is 3. The number of aromatic nitrogens is 2. The Kier molecular flexibility index (Phi) is 7.96. The van der Waals surface area contributed by atoms with E-state index in [9.17, 15) is 19.5 Å². The topological polar surface area (TPSA) is 159 Å². The SMILES string of the molecule is O=C(N[C@@H](CNC(=O)c1ccc2c(cnn2CCNC2=NCCN2)c1)C(=O)O)OCc1ccccc1. The van der Waals surface area contributed by atoms with Crippen molar-refractivity contribution >= 4 is 34.8 Å². The van der Waals surface area contributed by atoms with E-state index in [0.29, 0.717) is 18.7 Å². The standard InChI is InChI=1S/C24H27N7O5/c32-21(28-14-19(22(33)34)30-24(35)36-15-16-4-2-1-3-5-16)17-6-7-20-18(12-17)13-29-31(20)11-10-27-23-25-8-9-26-23/h1-7,12-13,19H,8-11,14-15H2,(H,28,32)(H,30,35)(H,33,34)(H2,25,26,27)/t19-/m0/s1. The number of hydrogen-bond donors (Lipinski definition) is 5. The van der Waals surface area contributed by atoms with Gasteiger partial charge in [0.15, 0.2) is 5.96 Å². The summed E-state index contributed by atoms with van der Waals surface area (Å²) >= 11 is 0. The molecule has 1 aromatic heterocycles. The summed E-state index contributed by atoms with van der Waals surface area (Å²) in [6, 6.07) is 12.8. The first kappa shape index (κ1) is 24.5. The van der Waals surface area contributed by atoms with Crippen LogP contribution in [0.1, 0.15) is 15.9 Å². The Labute approximate surface area is 206 Å². The molecule has 2 aromatic carbocycles. The van der Waals surface area contributed by atoms with Crippen molar-refractivity contribution in [3.05, 3.63) is 65.9 Å². The summed E-state index contributed by atoms with van der Waals surface area (Å²) in [5.74, 6) is -0.984. The van der Waals surface area contributed by atoms with E-state index in [0.717, 1.165) is 35.5 Å². The molecular weight excluding hydrogens is 466 g/mol. The first-order valence-electron chi connectivity index (χ1n) is 11.5. The van der Waals surface area contributed by atoms with E-state index in [-0.39, 0.29) is 13.2 Å².